The molecule has 2 heteroatoms. The van der Waals surface area contributed by atoms with Crippen molar-refractivity contribution in [3.8, 4) is 11.5 Å². The van der Waals surface area contributed by atoms with Crippen LogP contribution in [-0.4, -0.2) is 10.2 Å². The number of unbranched alkanes of at least 4 members (excludes halogenated alkanes) is 1. The molecule has 0 aliphatic rings. The van der Waals surface area contributed by atoms with Crippen LogP contribution in [0.15, 0.2) is 29.8 Å². The van der Waals surface area contributed by atoms with Crippen LogP contribution in [0.25, 0.3) is 0 Å². The van der Waals surface area contributed by atoms with E-state index in [0.717, 1.165) is 24.8 Å². The van der Waals surface area contributed by atoms with Gasteiger partial charge in [-0.2, -0.15) is 0 Å². The fourth-order valence-electron chi connectivity index (χ4n) is 1.54. The van der Waals surface area contributed by atoms with Gasteiger partial charge in [-0.05, 0) is 37.5 Å². The number of phenolic OH excluding ortho intramolecular Hbond substituents is 2. The molecular formula is C13H18O2. The lowest BCUT2D eigenvalue weighted by atomic mass is 10.0. The summed E-state index contributed by atoms with van der Waals surface area (Å²) in [5.41, 5.74) is 2.21. The molecule has 0 saturated carbocycles. The van der Waals surface area contributed by atoms with Gasteiger partial charge in [0.25, 0.3) is 0 Å². The average Bonchev–Trinajstić information content (AvgIpc) is 2.13. The maximum absolute atomic E-state index is 9.30. The Labute approximate surface area is 90.9 Å². The summed E-state index contributed by atoms with van der Waals surface area (Å²) < 4.78 is 0. The predicted molar refractivity (Wildman–Crippen MR) is 62.1 cm³/mol. The fraction of sp³-hybridized carbons (Fsp3) is 0.385. The Balaban J connectivity index is 2.72. The Bertz CT molecular complexity index is 333. The fourth-order valence-corrected chi connectivity index (χ4v) is 1.54. The molecule has 1 aromatic rings. The molecule has 0 aromatic heterocycles. The molecule has 0 aliphatic heterocycles. The van der Waals surface area contributed by atoms with Crippen molar-refractivity contribution < 1.29 is 10.2 Å². The van der Waals surface area contributed by atoms with E-state index in [1.54, 1.807) is 12.1 Å². The number of allylic oxidation sites excluding steroid dienone is 2. The van der Waals surface area contributed by atoms with Gasteiger partial charge >= 0.3 is 0 Å². The molecule has 0 aliphatic carbocycles. The molecule has 0 heterocycles. The monoisotopic (exact) mass is 206 g/mol. The first-order valence-electron chi connectivity index (χ1n) is 5.29. The summed E-state index contributed by atoms with van der Waals surface area (Å²) in [6.07, 6.45) is 5.20. The second-order valence-electron chi connectivity index (χ2n) is 3.87. The van der Waals surface area contributed by atoms with Gasteiger partial charge in [0.2, 0.25) is 0 Å². The van der Waals surface area contributed by atoms with Crippen LogP contribution in [0.5, 0.6) is 11.5 Å². The van der Waals surface area contributed by atoms with E-state index < -0.39 is 0 Å². The highest BCUT2D eigenvalue weighted by Gasteiger charge is 1.99. The molecule has 0 spiro atoms. The minimum absolute atomic E-state index is 0.119. The van der Waals surface area contributed by atoms with Crippen LogP contribution in [0, 0.1) is 0 Å². The molecule has 0 fully saturated rings. The molecule has 0 amide bonds. The molecule has 0 atom stereocenters. The molecule has 0 bridgehead atoms. The molecular weight excluding hydrogens is 188 g/mol. The largest absolute Gasteiger partial charge is 0.508 e. The topological polar surface area (TPSA) is 40.5 Å². The van der Waals surface area contributed by atoms with Gasteiger partial charge in [0.1, 0.15) is 11.5 Å². The molecule has 82 valence electrons. The normalized spacial score (nSPS) is 11.7. The first-order valence-corrected chi connectivity index (χ1v) is 5.29. The van der Waals surface area contributed by atoms with Crippen molar-refractivity contribution in [3.05, 3.63) is 35.4 Å². The number of rotatable bonds is 4. The minimum Gasteiger partial charge on any atom is -0.508 e. The van der Waals surface area contributed by atoms with Crippen LogP contribution < -0.4 is 0 Å². The molecule has 0 unspecified atom stereocenters. The van der Waals surface area contributed by atoms with Crippen molar-refractivity contribution in [2.24, 2.45) is 0 Å². The van der Waals surface area contributed by atoms with Crippen LogP contribution in [0.2, 0.25) is 0 Å². The highest BCUT2D eigenvalue weighted by atomic mass is 16.3. The van der Waals surface area contributed by atoms with Crippen molar-refractivity contribution >= 4 is 0 Å². The second kappa shape index (κ2) is 5.44. The van der Waals surface area contributed by atoms with Crippen LogP contribution in [0.1, 0.15) is 32.3 Å². The summed E-state index contributed by atoms with van der Waals surface area (Å²) in [7, 11) is 0. The zero-order chi connectivity index (χ0) is 11.3. The number of hydrogen-bond acceptors (Lipinski definition) is 2. The van der Waals surface area contributed by atoms with Gasteiger partial charge < -0.3 is 10.2 Å². The van der Waals surface area contributed by atoms with E-state index in [1.807, 2.05) is 0 Å². The van der Waals surface area contributed by atoms with Gasteiger partial charge in [0.05, 0.1) is 0 Å². The van der Waals surface area contributed by atoms with Gasteiger partial charge in [-0.15, -0.1) is 0 Å². The Kier molecular flexibility index (Phi) is 4.22. The van der Waals surface area contributed by atoms with E-state index >= 15 is 0 Å². The zero-order valence-corrected chi connectivity index (χ0v) is 9.33. The third-order valence-corrected chi connectivity index (χ3v) is 2.23. The Morgan fingerprint density at radius 2 is 1.80 bits per heavy atom. The molecule has 2 nitrogen and oxygen atoms in total. The number of phenols is 2. The lowest BCUT2D eigenvalue weighted by molar-refractivity contribution is 0.449. The van der Waals surface area contributed by atoms with E-state index in [9.17, 15) is 10.2 Å². The van der Waals surface area contributed by atoms with Gasteiger partial charge in [0.15, 0.2) is 0 Å². The second-order valence-corrected chi connectivity index (χ2v) is 3.87. The molecule has 0 radical (unpaired) electrons. The highest BCUT2D eigenvalue weighted by Crippen LogP contribution is 2.22. The van der Waals surface area contributed by atoms with E-state index in [0.29, 0.717) is 0 Å². The van der Waals surface area contributed by atoms with Crippen molar-refractivity contribution in [2.75, 3.05) is 0 Å². The first-order chi connectivity index (χ1) is 7.11. The number of benzene rings is 1. The van der Waals surface area contributed by atoms with Crippen LogP contribution >= 0.6 is 0 Å². The summed E-state index contributed by atoms with van der Waals surface area (Å²) in [5, 5.41) is 18.6. The average molecular weight is 206 g/mol. The lowest BCUT2D eigenvalue weighted by Crippen LogP contribution is -1.87. The first kappa shape index (κ1) is 11.6. The maximum Gasteiger partial charge on any atom is 0.119 e. The summed E-state index contributed by atoms with van der Waals surface area (Å²) in [6, 6.07) is 4.71. The van der Waals surface area contributed by atoms with Crippen molar-refractivity contribution in [1.29, 1.82) is 0 Å². The lowest BCUT2D eigenvalue weighted by Gasteiger charge is -2.04. The third kappa shape index (κ3) is 4.07. The van der Waals surface area contributed by atoms with Crippen molar-refractivity contribution in [3.63, 3.8) is 0 Å². The Morgan fingerprint density at radius 1 is 1.20 bits per heavy atom. The van der Waals surface area contributed by atoms with Crippen LogP contribution in [0.3, 0.4) is 0 Å². The van der Waals surface area contributed by atoms with E-state index in [1.165, 1.54) is 11.6 Å². The van der Waals surface area contributed by atoms with Crippen molar-refractivity contribution in [1.82, 2.24) is 0 Å². The SMILES string of the molecule is CCCC=C(C)Cc1cc(O)cc(O)c1. The zero-order valence-electron chi connectivity index (χ0n) is 9.33. The molecule has 15 heavy (non-hydrogen) atoms. The quantitative estimate of drug-likeness (QED) is 0.741. The standard InChI is InChI=1S/C13H18O2/c1-3-4-5-10(2)6-11-7-12(14)9-13(15)8-11/h5,7-9,14-15H,3-4,6H2,1-2H3. The predicted octanol–water partition coefficient (Wildman–Crippen LogP) is 3.39. The van der Waals surface area contributed by atoms with Gasteiger partial charge in [-0.25, -0.2) is 0 Å². The molecule has 1 rings (SSSR count). The van der Waals surface area contributed by atoms with Gasteiger partial charge in [-0.1, -0.05) is 25.0 Å². The summed E-state index contributed by atoms with van der Waals surface area (Å²) in [4.78, 5) is 0. The maximum atomic E-state index is 9.30. The Hall–Kier alpha value is -1.44. The number of aromatic hydroxyl groups is 2. The third-order valence-electron chi connectivity index (χ3n) is 2.23. The summed E-state index contributed by atoms with van der Waals surface area (Å²) in [6.45, 7) is 4.21. The smallest absolute Gasteiger partial charge is 0.119 e. The van der Waals surface area contributed by atoms with Gasteiger partial charge in [-0.3, -0.25) is 0 Å². The molecule has 1 aromatic carbocycles. The molecule has 0 saturated heterocycles. The number of hydrogen-bond donors (Lipinski definition) is 2. The van der Waals surface area contributed by atoms with Crippen LogP contribution in [-0.2, 0) is 6.42 Å². The highest BCUT2D eigenvalue weighted by molar-refractivity contribution is 5.38. The van der Waals surface area contributed by atoms with E-state index in [4.69, 9.17) is 0 Å². The summed E-state index contributed by atoms with van der Waals surface area (Å²) >= 11 is 0. The Morgan fingerprint density at radius 3 is 2.33 bits per heavy atom. The molecule has 2 N–H and O–H groups in total. The van der Waals surface area contributed by atoms with E-state index in [2.05, 4.69) is 19.9 Å². The van der Waals surface area contributed by atoms with Crippen molar-refractivity contribution in [2.45, 2.75) is 33.1 Å². The minimum atomic E-state index is 0.119. The summed E-state index contributed by atoms with van der Waals surface area (Å²) in [5.74, 6) is 0.238. The van der Waals surface area contributed by atoms with Crippen LogP contribution in [0.4, 0.5) is 0 Å². The van der Waals surface area contributed by atoms with E-state index in [-0.39, 0.29) is 11.5 Å². The van der Waals surface area contributed by atoms with Gasteiger partial charge in [0, 0.05) is 6.07 Å².